The number of rotatable bonds is 11. The number of halogens is 5. The SMILES string of the molecule is CC(C)(Cc1ccc(CN2CCCCC2)c(F)c1)C(=O)O.N#Cc1ccc(N)cc1C(F)(F)F.[C-]#[N+]c1ccc(NC(=O)C(C)(C)Nc2ccc(CN3CCCCC3)c(F)c2)cc1C. The lowest BCUT2D eigenvalue weighted by molar-refractivity contribution is -0.146. The maximum Gasteiger partial charge on any atom is 0.417 e. The zero-order chi connectivity index (χ0) is 47.2. The molecule has 2 heterocycles. The highest BCUT2D eigenvalue weighted by Gasteiger charge is 2.34. The van der Waals surface area contributed by atoms with Crippen LogP contribution in [0.4, 0.5) is 44.7 Å². The number of carboxylic acid groups (broad SMARTS) is 1. The van der Waals surface area contributed by atoms with Gasteiger partial charge in [-0.15, -0.1) is 0 Å². The van der Waals surface area contributed by atoms with Gasteiger partial charge in [0, 0.05) is 41.3 Å². The van der Waals surface area contributed by atoms with Gasteiger partial charge in [0.15, 0.2) is 5.69 Å². The molecule has 64 heavy (non-hydrogen) atoms. The molecular weight excluding hydrogens is 830 g/mol. The van der Waals surface area contributed by atoms with Gasteiger partial charge in [0.1, 0.15) is 17.2 Å². The lowest BCUT2D eigenvalue weighted by atomic mass is 9.85. The Kier molecular flexibility index (Phi) is 17.8. The van der Waals surface area contributed by atoms with Gasteiger partial charge in [-0.3, -0.25) is 19.4 Å². The summed E-state index contributed by atoms with van der Waals surface area (Å²) in [5.41, 5.74) is 6.61. The monoisotopic (exact) mass is 887 g/mol. The Labute approximate surface area is 373 Å². The number of anilines is 3. The highest BCUT2D eigenvalue weighted by Crippen LogP contribution is 2.33. The van der Waals surface area contributed by atoms with Gasteiger partial charge in [-0.25, -0.2) is 13.6 Å². The van der Waals surface area contributed by atoms with Crippen LogP contribution in [0.15, 0.2) is 72.8 Å². The van der Waals surface area contributed by atoms with Gasteiger partial charge in [0.25, 0.3) is 0 Å². The van der Waals surface area contributed by atoms with Crippen molar-refractivity contribution in [2.75, 3.05) is 42.5 Å². The van der Waals surface area contributed by atoms with Gasteiger partial charge in [-0.05, 0) is 153 Å². The maximum absolute atomic E-state index is 14.7. The van der Waals surface area contributed by atoms with Gasteiger partial charge in [-0.2, -0.15) is 18.4 Å². The predicted octanol–water partition coefficient (Wildman–Crippen LogP) is 11.1. The first-order chi connectivity index (χ1) is 30.1. The van der Waals surface area contributed by atoms with E-state index in [1.165, 1.54) is 62.8 Å². The average molecular weight is 888 g/mol. The zero-order valence-corrected chi connectivity index (χ0v) is 37.1. The minimum absolute atomic E-state index is 0.00803. The number of nitrogens with zero attached hydrogens (tertiary/aromatic N) is 4. The van der Waals surface area contributed by atoms with E-state index in [2.05, 4.69) is 25.3 Å². The second kappa shape index (κ2) is 22.5. The predicted molar refractivity (Wildman–Crippen MR) is 241 cm³/mol. The van der Waals surface area contributed by atoms with Crippen molar-refractivity contribution >= 4 is 34.6 Å². The van der Waals surface area contributed by atoms with Gasteiger partial charge in [0.2, 0.25) is 5.91 Å². The number of nitrogens with one attached hydrogen (secondary N) is 2. The molecule has 0 aromatic heterocycles. The summed E-state index contributed by atoms with van der Waals surface area (Å²) in [6.07, 6.45) is 3.04. The zero-order valence-electron chi connectivity index (χ0n) is 37.1. The molecule has 2 saturated heterocycles. The third-order valence-corrected chi connectivity index (χ3v) is 11.1. The summed E-state index contributed by atoms with van der Waals surface area (Å²) in [5, 5.41) is 23.5. The van der Waals surface area contributed by atoms with Crippen LogP contribution in [0.2, 0.25) is 0 Å². The number of piperidine rings is 2. The van der Waals surface area contributed by atoms with E-state index in [-0.39, 0.29) is 23.2 Å². The van der Waals surface area contributed by atoms with Crippen LogP contribution in [0.25, 0.3) is 4.85 Å². The summed E-state index contributed by atoms with van der Waals surface area (Å²) in [5.74, 6) is -1.58. The number of aliphatic carboxylic acids is 1. The number of hydrogen-bond donors (Lipinski definition) is 4. The Bertz CT molecular complexity index is 2320. The van der Waals surface area contributed by atoms with E-state index in [1.807, 2.05) is 19.1 Å². The fraction of sp³-hybridized carbons (Fsp3) is 0.429. The van der Waals surface area contributed by atoms with Crippen LogP contribution in [0.5, 0.6) is 0 Å². The molecule has 0 unspecified atom stereocenters. The summed E-state index contributed by atoms with van der Waals surface area (Å²) in [4.78, 5) is 31.9. The van der Waals surface area contributed by atoms with Crippen LogP contribution < -0.4 is 16.4 Å². The summed E-state index contributed by atoms with van der Waals surface area (Å²) in [6, 6.07) is 19.9. The molecule has 2 fully saturated rings. The molecule has 1 amide bonds. The van der Waals surface area contributed by atoms with Crippen molar-refractivity contribution < 1.29 is 36.6 Å². The Morgan fingerprint density at radius 2 is 1.34 bits per heavy atom. The van der Waals surface area contributed by atoms with Crippen molar-refractivity contribution in [3.8, 4) is 6.07 Å². The molecule has 342 valence electrons. The molecule has 0 aliphatic carbocycles. The number of hydrogen-bond acceptors (Lipinski definition) is 7. The largest absolute Gasteiger partial charge is 0.481 e. The van der Waals surface area contributed by atoms with Crippen molar-refractivity contribution in [2.45, 2.75) is 104 Å². The number of alkyl halides is 3. The average Bonchev–Trinajstić information content (AvgIpc) is 3.23. The lowest BCUT2D eigenvalue weighted by Crippen LogP contribution is -2.44. The van der Waals surface area contributed by atoms with Crippen molar-refractivity contribution in [1.29, 1.82) is 5.26 Å². The summed E-state index contributed by atoms with van der Waals surface area (Å²) < 4.78 is 65.5. The molecular formula is C49H58F5N7O3. The number of aryl methyl sites for hydroxylation is 1. The fourth-order valence-electron chi connectivity index (χ4n) is 7.34. The van der Waals surface area contributed by atoms with Gasteiger partial charge >= 0.3 is 12.1 Å². The van der Waals surface area contributed by atoms with E-state index < -0.39 is 34.2 Å². The van der Waals surface area contributed by atoms with Crippen molar-refractivity contribution in [1.82, 2.24) is 9.80 Å². The molecule has 4 aromatic carbocycles. The fourth-order valence-corrected chi connectivity index (χ4v) is 7.34. The molecule has 0 radical (unpaired) electrons. The second-order valence-corrected chi connectivity index (χ2v) is 17.5. The highest BCUT2D eigenvalue weighted by molar-refractivity contribution is 5.99. The van der Waals surface area contributed by atoms with Crippen molar-refractivity contribution in [3.05, 3.63) is 129 Å². The Morgan fingerprint density at radius 3 is 1.83 bits per heavy atom. The minimum atomic E-state index is -4.53. The van der Waals surface area contributed by atoms with E-state index in [9.17, 15) is 31.5 Å². The standard InChI is InChI=1S/C24H29FN4O.C17H24FNO2.C8H5F3N2/c1-17-14-19(10-11-22(17)26-4)27-23(30)24(2,3)28-20-9-8-18(21(25)15-20)16-29-12-6-5-7-13-29;1-17(2,16(20)21)11-13-6-7-14(15(18)10-13)12-19-8-4-3-5-9-19;9-8(10,11)7-3-6(13)2-1-5(7)4-12/h8-11,14-15,28H,5-7,12-13,16H2,1-3H3,(H,27,30);6-7,10H,3-5,8-9,11-12H2,1-2H3,(H,20,21);1-3H,13H2. The summed E-state index contributed by atoms with van der Waals surface area (Å²) in [6.45, 7) is 21.2. The molecule has 15 heteroatoms. The van der Waals surface area contributed by atoms with Crippen molar-refractivity contribution in [3.63, 3.8) is 0 Å². The number of carbonyl (C=O) groups is 2. The first-order valence-electron chi connectivity index (χ1n) is 21.3. The number of benzene rings is 4. The topological polar surface area (TPSA) is 139 Å². The molecule has 0 saturated carbocycles. The Morgan fingerprint density at radius 1 is 0.797 bits per heavy atom. The van der Waals surface area contributed by atoms with Gasteiger partial charge in [0.05, 0.1) is 29.2 Å². The van der Waals surface area contributed by atoms with Crippen molar-refractivity contribution in [2.24, 2.45) is 5.41 Å². The quantitative estimate of drug-likeness (QED) is 0.0663. The van der Waals surface area contributed by atoms with E-state index in [0.29, 0.717) is 47.7 Å². The van der Waals surface area contributed by atoms with E-state index in [4.69, 9.17) is 22.7 Å². The molecule has 0 atom stereocenters. The number of nitriles is 1. The first kappa shape index (κ1) is 50.6. The van der Waals surface area contributed by atoms with Crippen LogP contribution in [-0.2, 0) is 35.3 Å². The molecule has 6 rings (SSSR count). The van der Waals surface area contributed by atoms with E-state index in [1.54, 1.807) is 58.0 Å². The number of carbonyl (C=O) groups excluding carboxylic acids is 1. The normalized spacial score (nSPS) is 14.7. The number of likely N-dealkylation sites (tertiary alicyclic amines) is 2. The maximum atomic E-state index is 14.7. The molecule has 2 aliphatic heterocycles. The Hall–Kier alpha value is -6.03. The molecule has 0 bridgehead atoms. The number of nitrogen functional groups attached to an aromatic ring is 1. The highest BCUT2D eigenvalue weighted by atomic mass is 19.4. The Balaban J connectivity index is 0.000000229. The van der Waals surface area contributed by atoms with E-state index >= 15 is 0 Å². The summed E-state index contributed by atoms with van der Waals surface area (Å²) in [7, 11) is 0. The van der Waals surface area contributed by atoms with Gasteiger partial charge < -0.3 is 21.5 Å². The molecule has 5 N–H and O–H groups in total. The number of carboxylic acids is 1. The third-order valence-electron chi connectivity index (χ3n) is 11.1. The smallest absolute Gasteiger partial charge is 0.417 e. The van der Waals surface area contributed by atoms with Crippen LogP contribution in [-0.4, -0.2) is 58.5 Å². The molecule has 4 aromatic rings. The van der Waals surface area contributed by atoms with Crippen LogP contribution in [0.3, 0.4) is 0 Å². The molecule has 0 spiro atoms. The van der Waals surface area contributed by atoms with Crippen LogP contribution in [0.1, 0.15) is 99.6 Å². The number of nitrogens with two attached hydrogens (primary N) is 1. The van der Waals surface area contributed by atoms with Gasteiger partial charge in [-0.1, -0.05) is 37.1 Å². The first-order valence-corrected chi connectivity index (χ1v) is 21.3. The van der Waals surface area contributed by atoms with E-state index in [0.717, 1.165) is 49.4 Å². The van der Waals surface area contributed by atoms with Crippen LogP contribution >= 0.6 is 0 Å². The lowest BCUT2D eigenvalue weighted by Gasteiger charge is -2.28. The van der Waals surface area contributed by atoms with Crippen LogP contribution in [0, 0.1) is 41.9 Å². The second-order valence-electron chi connectivity index (χ2n) is 17.5. The summed E-state index contributed by atoms with van der Waals surface area (Å²) >= 11 is 0. The molecule has 10 nitrogen and oxygen atoms in total. The molecule has 2 aliphatic rings. The minimum Gasteiger partial charge on any atom is -0.481 e. The third kappa shape index (κ3) is 15.1. The number of amides is 1.